The highest BCUT2D eigenvalue weighted by Gasteiger charge is 2.27. The van der Waals surface area contributed by atoms with Gasteiger partial charge in [-0.05, 0) is 11.4 Å². The summed E-state index contributed by atoms with van der Waals surface area (Å²) in [4.78, 5) is 0.918. The lowest BCUT2D eigenvalue weighted by Gasteiger charge is -2.11. The maximum absolute atomic E-state index is 11.3. The fourth-order valence-corrected chi connectivity index (χ4v) is 2.88. The van der Waals surface area contributed by atoms with Gasteiger partial charge in [0.15, 0.2) is 0 Å². The summed E-state index contributed by atoms with van der Waals surface area (Å²) in [5.74, 6) is -0.346. The van der Waals surface area contributed by atoms with Crippen molar-refractivity contribution < 1.29 is 13.5 Å². The quantitative estimate of drug-likeness (QED) is 0.790. The number of nitrogens with zero attached hydrogens (tertiary/aromatic N) is 1. The van der Waals surface area contributed by atoms with E-state index in [-0.39, 0.29) is 12.4 Å². The largest absolute Gasteiger partial charge is 0.493 e. The van der Waals surface area contributed by atoms with Gasteiger partial charge in [0, 0.05) is 4.88 Å². The summed E-state index contributed by atoms with van der Waals surface area (Å²) in [5.41, 5.74) is 0. The summed E-state index contributed by atoms with van der Waals surface area (Å²) in [7, 11) is -3.56. The second-order valence-electron chi connectivity index (χ2n) is 2.75. The van der Waals surface area contributed by atoms with Crippen molar-refractivity contribution >= 4 is 21.5 Å². The van der Waals surface area contributed by atoms with Crippen molar-refractivity contribution in [3.05, 3.63) is 34.5 Å². The molecule has 14 heavy (non-hydrogen) atoms. The van der Waals surface area contributed by atoms with Gasteiger partial charge in [0.25, 0.3) is 0 Å². The number of aliphatic hydroxyl groups is 1. The maximum atomic E-state index is 11.3. The van der Waals surface area contributed by atoms with E-state index in [1.54, 1.807) is 0 Å². The summed E-state index contributed by atoms with van der Waals surface area (Å²) in [5, 5.41) is 10.9. The Morgan fingerprint density at radius 3 is 2.86 bits per heavy atom. The van der Waals surface area contributed by atoms with Crippen LogP contribution in [-0.2, 0) is 16.8 Å². The zero-order valence-corrected chi connectivity index (χ0v) is 8.68. The number of thiophene rings is 1. The summed E-state index contributed by atoms with van der Waals surface area (Å²) in [6.07, 6.45) is 1.16. The molecule has 1 aliphatic heterocycles. The molecule has 5 nitrogen and oxygen atoms in total. The predicted molar refractivity (Wildman–Crippen MR) is 52.6 cm³/mol. The Kier molecular flexibility index (Phi) is 2.12. The maximum Gasteiger partial charge on any atom is 0.326 e. The molecule has 0 saturated heterocycles. The van der Waals surface area contributed by atoms with Crippen LogP contribution in [0.2, 0.25) is 0 Å². The molecular weight excluding hydrogens is 224 g/mol. The molecule has 2 rings (SSSR count). The van der Waals surface area contributed by atoms with Crippen LogP contribution in [0.15, 0.2) is 29.6 Å². The van der Waals surface area contributed by atoms with E-state index in [0.29, 0.717) is 0 Å². The van der Waals surface area contributed by atoms with E-state index >= 15 is 0 Å². The van der Waals surface area contributed by atoms with Gasteiger partial charge in [0.1, 0.15) is 0 Å². The first-order chi connectivity index (χ1) is 6.58. The Morgan fingerprint density at radius 1 is 1.57 bits per heavy atom. The normalized spacial score (nSPS) is 19.1. The van der Waals surface area contributed by atoms with Crippen molar-refractivity contribution in [1.29, 1.82) is 0 Å². The number of nitrogens with one attached hydrogen (secondary N) is 1. The SMILES string of the molecule is O=S1(=O)NC(O)=CN1Cc1cccs1. The molecule has 7 heteroatoms. The van der Waals surface area contributed by atoms with Gasteiger partial charge >= 0.3 is 10.2 Å². The van der Waals surface area contributed by atoms with E-state index in [1.807, 2.05) is 22.2 Å². The van der Waals surface area contributed by atoms with Crippen molar-refractivity contribution in [2.75, 3.05) is 0 Å². The Bertz CT molecular complexity index is 449. The fourth-order valence-electron chi connectivity index (χ4n) is 1.11. The highest BCUT2D eigenvalue weighted by molar-refractivity contribution is 7.87. The molecule has 0 radical (unpaired) electrons. The predicted octanol–water partition coefficient (Wildman–Crippen LogP) is 0.755. The molecule has 0 spiro atoms. The second-order valence-corrected chi connectivity index (χ2v) is 5.40. The first-order valence-electron chi connectivity index (χ1n) is 3.81. The minimum Gasteiger partial charge on any atom is -0.493 e. The fraction of sp³-hybridized carbons (Fsp3) is 0.143. The number of rotatable bonds is 2. The zero-order valence-electron chi connectivity index (χ0n) is 7.04. The van der Waals surface area contributed by atoms with Crippen molar-refractivity contribution in [3.8, 4) is 0 Å². The average molecular weight is 232 g/mol. The lowest BCUT2D eigenvalue weighted by Crippen LogP contribution is -2.29. The van der Waals surface area contributed by atoms with Gasteiger partial charge in [-0.1, -0.05) is 6.07 Å². The van der Waals surface area contributed by atoms with Gasteiger partial charge < -0.3 is 5.11 Å². The molecule has 76 valence electrons. The van der Waals surface area contributed by atoms with Gasteiger partial charge in [0.2, 0.25) is 5.88 Å². The molecule has 2 N–H and O–H groups in total. The summed E-state index contributed by atoms with van der Waals surface area (Å²) >= 11 is 1.47. The van der Waals surface area contributed by atoms with E-state index in [4.69, 9.17) is 5.11 Å². The molecule has 1 aliphatic rings. The topological polar surface area (TPSA) is 69.6 Å². The molecule has 0 saturated carbocycles. The number of hydrogen-bond acceptors (Lipinski definition) is 4. The Morgan fingerprint density at radius 2 is 2.36 bits per heavy atom. The van der Waals surface area contributed by atoms with Crippen molar-refractivity contribution in [2.24, 2.45) is 0 Å². The Balaban J connectivity index is 2.20. The van der Waals surface area contributed by atoms with E-state index in [1.165, 1.54) is 11.3 Å². The number of hydrogen-bond donors (Lipinski definition) is 2. The van der Waals surface area contributed by atoms with Gasteiger partial charge in [0.05, 0.1) is 12.7 Å². The molecule has 1 aromatic heterocycles. The Hall–Kier alpha value is -1.21. The van der Waals surface area contributed by atoms with Crippen molar-refractivity contribution in [3.63, 3.8) is 0 Å². The van der Waals surface area contributed by atoms with Crippen LogP contribution in [0.1, 0.15) is 4.88 Å². The van der Waals surface area contributed by atoms with Crippen LogP contribution in [0.5, 0.6) is 0 Å². The van der Waals surface area contributed by atoms with Crippen LogP contribution in [0.25, 0.3) is 0 Å². The lowest BCUT2D eigenvalue weighted by molar-refractivity contribution is 0.390. The smallest absolute Gasteiger partial charge is 0.326 e. The molecule has 0 bridgehead atoms. The summed E-state index contributed by atoms with van der Waals surface area (Å²) in [6.45, 7) is 0.247. The third kappa shape index (κ3) is 1.68. The van der Waals surface area contributed by atoms with Gasteiger partial charge in [-0.25, -0.2) is 9.03 Å². The molecule has 0 aliphatic carbocycles. The van der Waals surface area contributed by atoms with Crippen LogP contribution in [0.3, 0.4) is 0 Å². The van der Waals surface area contributed by atoms with Crippen LogP contribution in [0.4, 0.5) is 0 Å². The van der Waals surface area contributed by atoms with Crippen LogP contribution in [0, 0.1) is 0 Å². The monoisotopic (exact) mass is 232 g/mol. The summed E-state index contributed by atoms with van der Waals surface area (Å²) < 4.78 is 25.7. The third-order valence-corrected chi connectivity index (χ3v) is 3.88. The lowest BCUT2D eigenvalue weighted by atomic mass is 10.5. The highest BCUT2D eigenvalue weighted by atomic mass is 32.2. The van der Waals surface area contributed by atoms with Gasteiger partial charge in [-0.3, -0.25) is 0 Å². The summed E-state index contributed by atoms with van der Waals surface area (Å²) in [6, 6.07) is 3.68. The van der Waals surface area contributed by atoms with Gasteiger partial charge in [-0.2, -0.15) is 8.42 Å². The Labute approximate surface area is 85.5 Å². The molecule has 1 aromatic rings. The van der Waals surface area contributed by atoms with Crippen molar-refractivity contribution in [1.82, 2.24) is 9.03 Å². The molecule has 0 aromatic carbocycles. The standard InChI is InChI=1S/C7H8N2O3S2/c10-7-5-9(14(11,12)8-7)4-6-2-1-3-13-6/h1-3,5,8,10H,4H2. The molecule has 0 unspecified atom stereocenters. The van der Waals surface area contributed by atoms with E-state index in [9.17, 15) is 8.42 Å². The molecular formula is C7H8N2O3S2. The van der Waals surface area contributed by atoms with Crippen LogP contribution >= 0.6 is 11.3 Å². The van der Waals surface area contributed by atoms with Gasteiger partial charge in [-0.15, -0.1) is 11.3 Å². The molecule has 0 amide bonds. The minimum atomic E-state index is -3.56. The first kappa shape index (κ1) is 9.35. The van der Waals surface area contributed by atoms with E-state index in [0.717, 1.165) is 15.4 Å². The van der Waals surface area contributed by atoms with Crippen LogP contribution < -0.4 is 4.72 Å². The van der Waals surface area contributed by atoms with Crippen molar-refractivity contribution in [2.45, 2.75) is 6.54 Å². The van der Waals surface area contributed by atoms with E-state index < -0.39 is 10.2 Å². The van der Waals surface area contributed by atoms with E-state index in [2.05, 4.69) is 0 Å². The highest BCUT2D eigenvalue weighted by Crippen LogP contribution is 2.18. The molecule has 2 heterocycles. The molecule has 0 fully saturated rings. The number of aliphatic hydroxyl groups excluding tert-OH is 1. The third-order valence-electron chi connectivity index (χ3n) is 1.70. The second kappa shape index (κ2) is 3.18. The van der Waals surface area contributed by atoms with Crippen LogP contribution in [-0.4, -0.2) is 17.8 Å². The zero-order chi connectivity index (χ0) is 10.2. The average Bonchev–Trinajstić information content (AvgIpc) is 2.61. The minimum absolute atomic E-state index is 0.247. The first-order valence-corrected chi connectivity index (χ1v) is 6.13. The molecule has 0 atom stereocenters.